The van der Waals surface area contributed by atoms with Gasteiger partial charge in [0.05, 0.1) is 19.3 Å². The number of likely N-dealkylation sites (tertiary alicyclic amines) is 1. The Morgan fingerprint density at radius 1 is 1.37 bits per heavy atom. The van der Waals surface area contributed by atoms with Crippen molar-refractivity contribution in [3.8, 4) is 0 Å². The molecule has 19 heavy (non-hydrogen) atoms. The Labute approximate surface area is 115 Å². The van der Waals surface area contributed by atoms with Crippen molar-refractivity contribution in [3.63, 3.8) is 0 Å². The fraction of sp³-hybridized carbons (Fsp3) is 0.929. The summed E-state index contributed by atoms with van der Waals surface area (Å²) in [5.74, 6) is 0.0286. The molecule has 1 unspecified atom stereocenters. The van der Waals surface area contributed by atoms with Crippen LogP contribution < -0.4 is 5.73 Å². The largest absolute Gasteiger partial charge is 0.348 e. The van der Waals surface area contributed by atoms with Gasteiger partial charge in [0.15, 0.2) is 5.79 Å². The van der Waals surface area contributed by atoms with E-state index < -0.39 is 5.79 Å². The second-order valence-electron chi connectivity index (χ2n) is 5.71. The number of rotatable bonds is 4. The van der Waals surface area contributed by atoms with Crippen LogP contribution in [0.5, 0.6) is 0 Å². The molecule has 2 N–H and O–H groups in total. The molecule has 1 atom stereocenters. The van der Waals surface area contributed by atoms with Gasteiger partial charge in [-0.2, -0.15) is 0 Å². The Morgan fingerprint density at radius 2 is 1.95 bits per heavy atom. The van der Waals surface area contributed by atoms with Crippen molar-refractivity contribution in [1.82, 2.24) is 4.90 Å². The molecule has 0 saturated carbocycles. The maximum Gasteiger partial charge on any atom is 0.239 e. The maximum atomic E-state index is 12.1. The number of piperidine rings is 1. The minimum atomic E-state index is -0.444. The van der Waals surface area contributed by atoms with E-state index >= 15 is 0 Å². The summed E-state index contributed by atoms with van der Waals surface area (Å²) in [5, 5.41) is 0. The lowest BCUT2D eigenvalue weighted by molar-refractivity contribution is -0.191. The van der Waals surface area contributed by atoms with E-state index in [-0.39, 0.29) is 11.9 Å². The molecule has 0 aliphatic carbocycles. The summed E-state index contributed by atoms with van der Waals surface area (Å²) in [6, 6.07) is -0.337. The van der Waals surface area contributed by atoms with Crippen molar-refractivity contribution in [1.29, 1.82) is 0 Å². The Morgan fingerprint density at radius 3 is 2.47 bits per heavy atom. The Balaban J connectivity index is 1.83. The van der Waals surface area contributed by atoms with E-state index in [2.05, 4.69) is 6.92 Å². The number of hydrogen-bond donors (Lipinski definition) is 1. The number of nitrogens with zero attached hydrogens (tertiary/aromatic N) is 1. The highest BCUT2D eigenvalue weighted by Gasteiger charge is 2.41. The third kappa shape index (κ3) is 3.27. The molecule has 0 spiro atoms. The number of ether oxygens (including phenoxy) is 2. The molecule has 5 nitrogen and oxygen atoms in total. The Hall–Kier alpha value is -0.650. The molecule has 5 heteroatoms. The van der Waals surface area contributed by atoms with Crippen LogP contribution in [0.25, 0.3) is 0 Å². The fourth-order valence-electron chi connectivity index (χ4n) is 3.06. The molecular weight excluding hydrogens is 244 g/mol. The molecule has 2 fully saturated rings. The number of amides is 1. The molecule has 0 bridgehead atoms. The smallest absolute Gasteiger partial charge is 0.239 e. The minimum Gasteiger partial charge on any atom is -0.348 e. The van der Waals surface area contributed by atoms with E-state index in [4.69, 9.17) is 15.2 Å². The Bertz CT molecular complexity index is 308. The van der Waals surface area contributed by atoms with Crippen LogP contribution >= 0.6 is 0 Å². The van der Waals surface area contributed by atoms with Gasteiger partial charge in [-0.25, -0.2) is 0 Å². The van der Waals surface area contributed by atoms with Gasteiger partial charge in [-0.1, -0.05) is 13.3 Å². The van der Waals surface area contributed by atoms with Gasteiger partial charge in [-0.05, 0) is 26.2 Å². The fourth-order valence-corrected chi connectivity index (χ4v) is 3.06. The first-order chi connectivity index (χ1) is 9.07. The monoisotopic (exact) mass is 270 g/mol. The molecule has 0 aromatic carbocycles. The van der Waals surface area contributed by atoms with E-state index in [9.17, 15) is 4.79 Å². The predicted molar refractivity (Wildman–Crippen MR) is 72.5 cm³/mol. The van der Waals surface area contributed by atoms with Gasteiger partial charge in [-0.3, -0.25) is 4.79 Å². The summed E-state index contributed by atoms with van der Waals surface area (Å²) < 4.78 is 11.4. The van der Waals surface area contributed by atoms with Crippen LogP contribution in [0.3, 0.4) is 0 Å². The summed E-state index contributed by atoms with van der Waals surface area (Å²) in [6.45, 7) is 6.96. The van der Waals surface area contributed by atoms with E-state index in [0.29, 0.717) is 19.1 Å². The minimum absolute atomic E-state index is 0.0960. The van der Waals surface area contributed by atoms with Gasteiger partial charge in [0.2, 0.25) is 5.91 Å². The van der Waals surface area contributed by atoms with Crippen molar-refractivity contribution in [2.75, 3.05) is 26.3 Å². The molecule has 110 valence electrons. The third-order valence-corrected chi connectivity index (χ3v) is 4.33. The normalized spacial score (nSPS) is 25.5. The highest BCUT2D eigenvalue weighted by atomic mass is 16.7. The molecule has 1 amide bonds. The standard InChI is InChI=1S/C14H26N2O3/c1-3-4-12(15)13(17)16-7-5-11(6-8-16)14(2)18-9-10-19-14/h11-12H,3-10,15H2,1-2H3. The number of carbonyl (C=O) groups excluding carboxylic acids is 1. The highest BCUT2D eigenvalue weighted by molar-refractivity contribution is 5.81. The van der Waals surface area contributed by atoms with Crippen LogP contribution in [0.1, 0.15) is 39.5 Å². The number of carbonyl (C=O) groups is 1. The average molecular weight is 270 g/mol. The third-order valence-electron chi connectivity index (χ3n) is 4.33. The van der Waals surface area contributed by atoms with Crippen LogP contribution in [-0.4, -0.2) is 48.9 Å². The quantitative estimate of drug-likeness (QED) is 0.831. The average Bonchev–Trinajstić information content (AvgIpc) is 2.86. The number of nitrogens with two attached hydrogens (primary N) is 1. The van der Waals surface area contributed by atoms with E-state index in [1.807, 2.05) is 11.8 Å². The van der Waals surface area contributed by atoms with Crippen molar-refractivity contribution < 1.29 is 14.3 Å². The van der Waals surface area contributed by atoms with Crippen LogP contribution in [0.2, 0.25) is 0 Å². The van der Waals surface area contributed by atoms with Crippen LogP contribution in [0.4, 0.5) is 0 Å². The van der Waals surface area contributed by atoms with E-state index in [0.717, 1.165) is 38.8 Å². The molecule has 0 aromatic heterocycles. The zero-order chi connectivity index (χ0) is 13.9. The van der Waals surface area contributed by atoms with Gasteiger partial charge in [0.1, 0.15) is 0 Å². The zero-order valence-electron chi connectivity index (χ0n) is 12.1. The predicted octanol–water partition coefficient (Wildman–Crippen LogP) is 1.12. The van der Waals surface area contributed by atoms with Gasteiger partial charge in [0.25, 0.3) is 0 Å². The summed E-state index contributed by atoms with van der Waals surface area (Å²) in [4.78, 5) is 14.0. The van der Waals surface area contributed by atoms with Crippen LogP contribution in [0.15, 0.2) is 0 Å². The maximum absolute atomic E-state index is 12.1. The number of hydrogen-bond acceptors (Lipinski definition) is 4. The molecule has 2 heterocycles. The van der Waals surface area contributed by atoms with E-state index in [1.54, 1.807) is 0 Å². The summed E-state index contributed by atoms with van der Waals surface area (Å²) in [5.41, 5.74) is 5.90. The lowest BCUT2D eigenvalue weighted by Gasteiger charge is -2.39. The molecule has 0 radical (unpaired) electrons. The van der Waals surface area contributed by atoms with Crippen molar-refractivity contribution in [2.45, 2.75) is 51.4 Å². The van der Waals surface area contributed by atoms with Gasteiger partial charge >= 0.3 is 0 Å². The molecule has 2 rings (SSSR count). The summed E-state index contributed by atoms with van der Waals surface area (Å²) in [6.07, 6.45) is 3.58. The van der Waals surface area contributed by atoms with Crippen LogP contribution in [0, 0.1) is 5.92 Å². The van der Waals surface area contributed by atoms with Gasteiger partial charge < -0.3 is 20.1 Å². The molecular formula is C14H26N2O3. The summed E-state index contributed by atoms with van der Waals surface area (Å²) >= 11 is 0. The first-order valence-corrected chi connectivity index (χ1v) is 7.39. The van der Waals surface area contributed by atoms with Crippen molar-refractivity contribution in [3.05, 3.63) is 0 Å². The second kappa shape index (κ2) is 6.20. The molecule has 2 saturated heterocycles. The second-order valence-corrected chi connectivity index (χ2v) is 5.71. The lowest BCUT2D eigenvalue weighted by atomic mass is 9.89. The summed E-state index contributed by atoms with van der Waals surface area (Å²) in [7, 11) is 0. The first kappa shape index (κ1) is 14.8. The molecule has 2 aliphatic rings. The van der Waals surface area contributed by atoms with E-state index in [1.165, 1.54) is 0 Å². The SMILES string of the molecule is CCCC(N)C(=O)N1CCC(C2(C)OCCO2)CC1. The zero-order valence-corrected chi connectivity index (χ0v) is 12.1. The molecule has 0 aromatic rings. The molecule has 2 aliphatic heterocycles. The lowest BCUT2D eigenvalue weighted by Crippen LogP contribution is -2.50. The van der Waals surface area contributed by atoms with Gasteiger partial charge in [0, 0.05) is 19.0 Å². The van der Waals surface area contributed by atoms with Crippen molar-refractivity contribution >= 4 is 5.91 Å². The first-order valence-electron chi connectivity index (χ1n) is 7.39. The topological polar surface area (TPSA) is 64.8 Å². The highest BCUT2D eigenvalue weighted by Crippen LogP contribution is 2.35. The van der Waals surface area contributed by atoms with Gasteiger partial charge in [-0.15, -0.1) is 0 Å². The Kier molecular flexibility index (Phi) is 4.81. The van der Waals surface area contributed by atoms with Crippen LogP contribution in [-0.2, 0) is 14.3 Å². The van der Waals surface area contributed by atoms with Crippen molar-refractivity contribution in [2.24, 2.45) is 11.7 Å².